The zero-order chi connectivity index (χ0) is 7.56. The van der Waals surface area contributed by atoms with Gasteiger partial charge >= 0.3 is 0 Å². The van der Waals surface area contributed by atoms with Crippen molar-refractivity contribution < 1.29 is 15.0 Å². The lowest BCUT2D eigenvalue weighted by Gasteiger charge is -2.17. The summed E-state index contributed by atoms with van der Waals surface area (Å²) in [4.78, 5) is 10.7. The molecule has 4 heteroatoms. The summed E-state index contributed by atoms with van der Waals surface area (Å²) >= 11 is 0. The van der Waals surface area contributed by atoms with E-state index >= 15 is 0 Å². The van der Waals surface area contributed by atoms with Crippen molar-refractivity contribution in [2.24, 2.45) is 0 Å². The first kappa shape index (κ1) is 7.08. The van der Waals surface area contributed by atoms with E-state index in [2.05, 4.69) is 5.32 Å². The van der Waals surface area contributed by atoms with Gasteiger partial charge in [0.2, 0.25) is 5.78 Å². The van der Waals surface area contributed by atoms with Gasteiger partial charge in [0.05, 0.1) is 12.6 Å². The molecule has 0 aromatic rings. The second-order valence-corrected chi connectivity index (χ2v) is 2.20. The lowest BCUT2D eigenvalue weighted by atomic mass is 10.1. The highest BCUT2D eigenvalue weighted by Gasteiger charge is 2.19. The number of carbonyl (C=O) groups is 1. The summed E-state index contributed by atoms with van der Waals surface area (Å²) in [5.41, 5.74) is 0. The van der Waals surface area contributed by atoms with Gasteiger partial charge in [-0.25, -0.2) is 0 Å². The first-order chi connectivity index (χ1) is 4.74. The van der Waals surface area contributed by atoms with Crippen molar-refractivity contribution >= 4 is 5.78 Å². The normalized spacial score (nSPS) is 25.5. The summed E-state index contributed by atoms with van der Waals surface area (Å²) in [5.74, 6) is -0.581. The van der Waals surface area contributed by atoms with Crippen LogP contribution >= 0.6 is 0 Å². The fraction of sp³-hybridized carbons (Fsp3) is 0.500. The summed E-state index contributed by atoms with van der Waals surface area (Å²) in [6.45, 7) is -0.0878. The molecule has 0 amide bonds. The third-order valence-corrected chi connectivity index (χ3v) is 1.39. The Morgan fingerprint density at radius 1 is 1.80 bits per heavy atom. The SMILES string of the molecule is O=C1C[C@H](CO)NC=C1O. The largest absolute Gasteiger partial charge is 0.503 e. The van der Waals surface area contributed by atoms with Crippen molar-refractivity contribution in [2.45, 2.75) is 12.5 Å². The van der Waals surface area contributed by atoms with Crippen LogP contribution in [-0.4, -0.2) is 28.6 Å². The van der Waals surface area contributed by atoms with Crippen LogP contribution in [-0.2, 0) is 4.79 Å². The Kier molecular flexibility index (Phi) is 1.91. The summed E-state index contributed by atoms with van der Waals surface area (Å²) in [6, 6.07) is -0.233. The predicted molar refractivity (Wildman–Crippen MR) is 34.3 cm³/mol. The third kappa shape index (κ3) is 1.27. The van der Waals surface area contributed by atoms with Crippen molar-refractivity contribution in [3.05, 3.63) is 12.0 Å². The van der Waals surface area contributed by atoms with Crippen LogP contribution in [0, 0.1) is 0 Å². The molecule has 0 unspecified atom stereocenters. The number of nitrogens with one attached hydrogen (secondary N) is 1. The van der Waals surface area contributed by atoms with Crippen molar-refractivity contribution in [1.82, 2.24) is 5.32 Å². The van der Waals surface area contributed by atoms with Crippen LogP contribution in [0.3, 0.4) is 0 Å². The zero-order valence-corrected chi connectivity index (χ0v) is 5.37. The number of hydrogen-bond acceptors (Lipinski definition) is 4. The van der Waals surface area contributed by atoms with Gasteiger partial charge in [0.15, 0.2) is 5.76 Å². The Morgan fingerprint density at radius 3 is 3.00 bits per heavy atom. The molecule has 0 spiro atoms. The topological polar surface area (TPSA) is 69.6 Å². The standard InChI is InChI=1S/C6H9NO3/c8-3-4-1-5(9)6(10)2-7-4/h2,4,7-8,10H,1,3H2/t4-/m1/s1. The maximum Gasteiger partial charge on any atom is 0.200 e. The average molecular weight is 143 g/mol. The molecule has 1 aliphatic heterocycles. The molecule has 0 aromatic carbocycles. The van der Waals surface area contributed by atoms with E-state index in [-0.39, 0.29) is 30.6 Å². The van der Waals surface area contributed by atoms with Gasteiger partial charge in [-0.3, -0.25) is 4.79 Å². The molecule has 1 heterocycles. The van der Waals surface area contributed by atoms with E-state index in [9.17, 15) is 4.79 Å². The minimum absolute atomic E-state index is 0.0878. The number of allylic oxidation sites excluding steroid dienone is 1. The molecule has 1 atom stereocenters. The Balaban J connectivity index is 2.59. The maximum absolute atomic E-state index is 10.7. The lowest BCUT2D eigenvalue weighted by molar-refractivity contribution is -0.119. The highest BCUT2D eigenvalue weighted by atomic mass is 16.3. The number of Topliss-reactive ketones (excluding diaryl/α,β-unsaturated/α-hetero) is 1. The molecule has 0 radical (unpaired) electrons. The molecular formula is C6H9NO3. The second-order valence-electron chi connectivity index (χ2n) is 2.20. The van der Waals surface area contributed by atoms with E-state index in [1.807, 2.05) is 0 Å². The molecule has 56 valence electrons. The molecule has 0 aromatic heterocycles. The van der Waals surface area contributed by atoms with Gasteiger partial charge in [-0.2, -0.15) is 0 Å². The third-order valence-electron chi connectivity index (χ3n) is 1.39. The maximum atomic E-state index is 10.7. The quantitative estimate of drug-likeness (QED) is 0.454. The molecule has 1 aliphatic rings. The molecule has 0 aliphatic carbocycles. The van der Waals surface area contributed by atoms with Gasteiger partial charge in [-0.15, -0.1) is 0 Å². The van der Waals surface area contributed by atoms with Crippen LogP contribution in [0.4, 0.5) is 0 Å². The highest BCUT2D eigenvalue weighted by molar-refractivity contribution is 5.94. The second kappa shape index (κ2) is 2.70. The molecule has 1 rings (SSSR count). The molecule has 0 fully saturated rings. The van der Waals surface area contributed by atoms with Gasteiger partial charge in [-0.1, -0.05) is 0 Å². The molecule has 0 saturated heterocycles. The van der Waals surface area contributed by atoms with Gasteiger partial charge in [-0.05, 0) is 0 Å². The van der Waals surface area contributed by atoms with Gasteiger partial charge in [0.1, 0.15) is 0 Å². The van der Waals surface area contributed by atoms with Gasteiger partial charge < -0.3 is 15.5 Å². The minimum Gasteiger partial charge on any atom is -0.503 e. The summed E-state index contributed by atoms with van der Waals surface area (Å²) < 4.78 is 0. The molecule has 10 heavy (non-hydrogen) atoms. The average Bonchev–Trinajstić information content (AvgIpc) is 1.95. The summed E-state index contributed by atoms with van der Waals surface area (Å²) in [7, 11) is 0. The Bertz CT molecular complexity index is 176. The van der Waals surface area contributed by atoms with Crippen LogP contribution in [0.5, 0.6) is 0 Å². The number of carbonyl (C=O) groups excluding carboxylic acids is 1. The summed E-state index contributed by atoms with van der Waals surface area (Å²) in [5, 5.41) is 20.0. The van der Waals surface area contributed by atoms with Crippen LogP contribution in [0.2, 0.25) is 0 Å². The first-order valence-corrected chi connectivity index (χ1v) is 3.03. The Morgan fingerprint density at radius 2 is 2.50 bits per heavy atom. The number of rotatable bonds is 1. The molecular weight excluding hydrogens is 134 g/mol. The van der Waals surface area contributed by atoms with Crippen LogP contribution < -0.4 is 5.32 Å². The van der Waals surface area contributed by atoms with E-state index in [1.54, 1.807) is 0 Å². The Hall–Kier alpha value is -1.03. The first-order valence-electron chi connectivity index (χ1n) is 3.03. The van der Waals surface area contributed by atoms with E-state index in [0.29, 0.717) is 0 Å². The smallest absolute Gasteiger partial charge is 0.200 e. The number of aliphatic hydroxyl groups is 2. The number of aliphatic hydroxyl groups excluding tert-OH is 2. The molecule has 3 N–H and O–H groups in total. The Labute approximate surface area is 58.2 Å². The predicted octanol–water partition coefficient (Wildman–Crippen LogP) is -0.691. The minimum atomic E-state index is -0.321. The van der Waals surface area contributed by atoms with E-state index in [1.165, 1.54) is 6.20 Å². The zero-order valence-electron chi connectivity index (χ0n) is 5.37. The molecule has 0 saturated carbocycles. The van der Waals surface area contributed by atoms with Gasteiger partial charge in [0, 0.05) is 12.6 Å². The van der Waals surface area contributed by atoms with Crippen LogP contribution in [0.25, 0.3) is 0 Å². The van der Waals surface area contributed by atoms with Crippen LogP contribution in [0.15, 0.2) is 12.0 Å². The van der Waals surface area contributed by atoms with E-state index < -0.39 is 0 Å². The van der Waals surface area contributed by atoms with Crippen molar-refractivity contribution in [1.29, 1.82) is 0 Å². The van der Waals surface area contributed by atoms with Crippen molar-refractivity contribution in [2.75, 3.05) is 6.61 Å². The number of ketones is 1. The van der Waals surface area contributed by atoms with E-state index in [0.717, 1.165) is 0 Å². The molecule has 4 nitrogen and oxygen atoms in total. The highest BCUT2D eigenvalue weighted by Crippen LogP contribution is 2.04. The van der Waals surface area contributed by atoms with Crippen LogP contribution in [0.1, 0.15) is 6.42 Å². The van der Waals surface area contributed by atoms with Gasteiger partial charge in [0.25, 0.3) is 0 Å². The summed E-state index contributed by atoms with van der Waals surface area (Å²) in [6.07, 6.45) is 1.38. The fourth-order valence-corrected chi connectivity index (χ4v) is 0.782. The van der Waals surface area contributed by atoms with Crippen molar-refractivity contribution in [3.63, 3.8) is 0 Å². The number of hydrogen-bond donors (Lipinski definition) is 3. The molecule has 0 bridgehead atoms. The van der Waals surface area contributed by atoms with E-state index in [4.69, 9.17) is 10.2 Å². The lowest BCUT2D eigenvalue weighted by Crippen LogP contribution is -2.35. The van der Waals surface area contributed by atoms with Crippen molar-refractivity contribution in [3.8, 4) is 0 Å². The fourth-order valence-electron chi connectivity index (χ4n) is 0.782. The monoisotopic (exact) mass is 143 g/mol.